The highest BCUT2D eigenvalue weighted by molar-refractivity contribution is 6.30. The summed E-state index contributed by atoms with van der Waals surface area (Å²) in [4.78, 5) is 13.7. The maximum atomic E-state index is 11.9. The number of piperidine rings is 1. The molecule has 1 aliphatic heterocycles. The van der Waals surface area contributed by atoms with E-state index < -0.39 is 12.1 Å². The number of hydrogen-bond acceptors (Lipinski definition) is 4. The van der Waals surface area contributed by atoms with Crippen LogP contribution in [-0.2, 0) is 4.79 Å². The molecule has 22 heavy (non-hydrogen) atoms. The van der Waals surface area contributed by atoms with Crippen LogP contribution in [0.2, 0.25) is 0 Å². The maximum absolute atomic E-state index is 11.9. The van der Waals surface area contributed by atoms with Crippen LogP contribution in [0, 0.1) is 11.8 Å². The smallest absolute Gasteiger partial charge is 0.239 e. The lowest BCUT2D eigenvalue weighted by Crippen LogP contribution is -2.53. The molecule has 2 aliphatic rings. The Kier molecular flexibility index (Phi) is 6.37. The van der Waals surface area contributed by atoms with E-state index in [-0.39, 0.29) is 28.6 Å². The molecule has 0 aromatic rings. The third-order valence-corrected chi connectivity index (χ3v) is 6.22. The Morgan fingerprint density at radius 1 is 1.18 bits per heavy atom. The van der Waals surface area contributed by atoms with Crippen molar-refractivity contribution < 1.29 is 9.90 Å². The number of aliphatic hydroxyl groups is 1. The van der Waals surface area contributed by atoms with Gasteiger partial charge in [-0.3, -0.25) is 4.79 Å². The Hall–Kier alpha value is -0.0700. The van der Waals surface area contributed by atoms with E-state index in [1.165, 1.54) is 0 Å². The Balaban J connectivity index is 1.89. The van der Waals surface area contributed by atoms with E-state index in [2.05, 4.69) is 0 Å². The van der Waals surface area contributed by atoms with Crippen molar-refractivity contribution in [2.24, 2.45) is 23.3 Å². The number of nitrogens with two attached hydrogens (primary N) is 2. The summed E-state index contributed by atoms with van der Waals surface area (Å²) in [6.07, 6.45) is 2.35. The van der Waals surface area contributed by atoms with E-state index >= 15 is 0 Å². The van der Waals surface area contributed by atoms with Crippen LogP contribution in [0.25, 0.3) is 0 Å². The number of amides is 1. The van der Waals surface area contributed by atoms with Gasteiger partial charge in [-0.15, -0.1) is 23.2 Å². The molecule has 128 valence electrons. The van der Waals surface area contributed by atoms with Gasteiger partial charge >= 0.3 is 0 Å². The highest BCUT2D eigenvalue weighted by atomic mass is 35.5. The summed E-state index contributed by atoms with van der Waals surface area (Å²) in [7, 11) is 0. The molecule has 1 aliphatic carbocycles. The zero-order chi connectivity index (χ0) is 16.4. The van der Waals surface area contributed by atoms with Crippen molar-refractivity contribution in [2.75, 3.05) is 13.1 Å². The number of aliphatic hydroxyl groups excluding tert-OH is 1. The molecule has 5 nitrogen and oxygen atoms in total. The molecule has 6 atom stereocenters. The van der Waals surface area contributed by atoms with Crippen molar-refractivity contribution in [3.8, 4) is 0 Å². The largest absolute Gasteiger partial charge is 0.393 e. The Morgan fingerprint density at radius 2 is 1.73 bits per heavy atom. The van der Waals surface area contributed by atoms with E-state index in [1.807, 2.05) is 4.90 Å². The van der Waals surface area contributed by atoms with Gasteiger partial charge in [0.05, 0.1) is 22.9 Å². The molecule has 1 saturated carbocycles. The number of likely N-dealkylation sites (tertiary alicyclic amines) is 1. The van der Waals surface area contributed by atoms with Crippen LogP contribution in [0.3, 0.4) is 0 Å². The average Bonchev–Trinajstić information content (AvgIpc) is 2.49. The third kappa shape index (κ3) is 4.06. The van der Waals surface area contributed by atoms with Gasteiger partial charge in [0.25, 0.3) is 0 Å². The minimum absolute atomic E-state index is 0.00414. The first-order valence-electron chi connectivity index (χ1n) is 8.07. The molecular formula is C15H27Cl2N3O2. The van der Waals surface area contributed by atoms with E-state index in [0.717, 1.165) is 12.8 Å². The molecule has 2 fully saturated rings. The van der Waals surface area contributed by atoms with Crippen molar-refractivity contribution in [3.63, 3.8) is 0 Å². The number of nitrogens with zero attached hydrogens (tertiary/aromatic N) is 1. The lowest BCUT2D eigenvalue weighted by atomic mass is 9.74. The van der Waals surface area contributed by atoms with Crippen molar-refractivity contribution in [1.29, 1.82) is 0 Å². The monoisotopic (exact) mass is 351 g/mol. The highest BCUT2D eigenvalue weighted by Gasteiger charge is 2.40. The summed E-state index contributed by atoms with van der Waals surface area (Å²) in [5.74, 6) is 0.279. The Labute approximate surface area is 142 Å². The summed E-state index contributed by atoms with van der Waals surface area (Å²) in [6.45, 7) is 3.08. The van der Waals surface area contributed by atoms with Crippen molar-refractivity contribution in [3.05, 3.63) is 0 Å². The molecule has 1 heterocycles. The Morgan fingerprint density at radius 3 is 2.27 bits per heavy atom. The number of rotatable bonds is 3. The average molecular weight is 352 g/mol. The molecule has 0 bridgehead atoms. The van der Waals surface area contributed by atoms with Crippen LogP contribution >= 0.6 is 23.2 Å². The van der Waals surface area contributed by atoms with E-state index in [0.29, 0.717) is 31.8 Å². The molecule has 1 amide bonds. The van der Waals surface area contributed by atoms with Crippen LogP contribution in [0.4, 0.5) is 0 Å². The van der Waals surface area contributed by atoms with Crippen LogP contribution < -0.4 is 11.5 Å². The minimum Gasteiger partial charge on any atom is -0.393 e. The molecule has 1 saturated heterocycles. The predicted molar refractivity (Wildman–Crippen MR) is 88.9 cm³/mol. The van der Waals surface area contributed by atoms with E-state index in [9.17, 15) is 9.90 Å². The quantitative estimate of drug-likeness (QED) is 0.658. The summed E-state index contributed by atoms with van der Waals surface area (Å²) < 4.78 is 0. The molecule has 4 unspecified atom stereocenters. The Bertz CT molecular complexity index is 389. The first-order chi connectivity index (χ1) is 10.3. The summed E-state index contributed by atoms with van der Waals surface area (Å²) >= 11 is 12.4. The van der Waals surface area contributed by atoms with Gasteiger partial charge < -0.3 is 21.5 Å². The van der Waals surface area contributed by atoms with Gasteiger partial charge in [0, 0.05) is 25.0 Å². The standard InChI is InChI=1S/C15H27Cl2N3O2/c1-8(18)15(22)20-4-2-9(3-5-20)14(19)10-6-11(16)12(17)7-13(10)21/h8-14,21H,2-7,18-19H2,1H3/t8-,10?,11?,12?,13?,14+/m0/s1. The number of hydrogen-bond donors (Lipinski definition) is 3. The second-order valence-electron chi connectivity index (χ2n) is 6.76. The first kappa shape index (κ1) is 18.3. The topological polar surface area (TPSA) is 92.6 Å². The molecule has 5 N–H and O–H groups in total. The number of carbonyl (C=O) groups excluding carboxylic acids is 1. The second-order valence-corrected chi connectivity index (χ2v) is 7.88. The van der Waals surface area contributed by atoms with Crippen molar-refractivity contribution in [1.82, 2.24) is 4.90 Å². The van der Waals surface area contributed by atoms with E-state index in [1.54, 1.807) is 6.92 Å². The fraction of sp³-hybridized carbons (Fsp3) is 0.933. The third-order valence-electron chi connectivity index (χ3n) is 5.13. The van der Waals surface area contributed by atoms with Gasteiger partial charge in [0.1, 0.15) is 0 Å². The lowest BCUT2D eigenvalue weighted by molar-refractivity contribution is -0.133. The normalized spacial score (nSPS) is 36.9. The predicted octanol–water partition coefficient (Wildman–Crippen LogP) is 0.885. The van der Waals surface area contributed by atoms with Gasteiger partial charge in [0.2, 0.25) is 5.91 Å². The first-order valence-corrected chi connectivity index (χ1v) is 8.94. The highest BCUT2D eigenvalue weighted by Crippen LogP contribution is 2.36. The van der Waals surface area contributed by atoms with Gasteiger partial charge in [0.15, 0.2) is 0 Å². The second kappa shape index (κ2) is 7.67. The zero-order valence-electron chi connectivity index (χ0n) is 13.0. The van der Waals surface area contributed by atoms with Crippen LogP contribution in [-0.4, -0.2) is 57.9 Å². The number of alkyl halides is 2. The number of carbonyl (C=O) groups is 1. The molecule has 0 spiro atoms. The van der Waals surface area contributed by atoms with Crippen molar-refractivity contribution in [2.45, 2.75) is 61.5 Å². The number of halogens is 2. The maximum Gasteiger partial charge on any atom is 0.239 e. The van der Waals surface area contributed by atoms with Gasteiger partial charge in [-0.2, -0.15) is 0 Å². The fourth-order valence-corrected chi connectivity index (χ4v) is 4.27. The molecular weight excluding hydrogens is 325 g/mol. The van der Waals surface area contributed by atoms with Gasteiger partial charge in [-0.1, -0.05) is 0 Å². The SMILES string of the molecule is C[C@H](N)C(=O)N1CCC([C@@H](N)C2CC(Cl)C(Cl)CC2O)CC1. The molecule has 7 heteroatoms. The van der Waals surface area contributed by atoms with Crippen LogP contribution in [0.15, 0.2) is 0 Å². The molecule has 0 aromatic heterocycles. The molecule has 2 rings (SSSR count). The molecule has 0 aromatic carbocycles. The summed E-state index contributed by atoms with van der Waals surface area (Å²) in [6, 6.07) is -0.559. The zero-order valence-corrected chi connectivity index (χ0v) is 14.5. The van der Waals surface area contributed by atoms with Crippen LogP contribution in [0.1, 0.15) is 32.6 Å². The molecule has 0 radical (unpaired) electrons. The van der Waals surface area contributed by atoms with Gasteiger partial charge in [-0.05, 0) is 38.5 Å². The fourth-order valence-electron chi connectivity index (χ4n) is 3.67. The summed E-state index contributed by atoms with van der Waals surface area (Å²) in [5.41, 5.74) is 12.1. The van der Waals surface area contributed by atoms with Crippen molar-refractivity contribution >= 4 is 29.1 Å². The van der Waals surface area contributed by atoms with E-state index in [4.69, 9.17) is 34.7 Å². The van der Waals surface area contributed by atoms with Gasteiger partial charge in [-0.25, -0.2) is 0 Å². The summed E-state index contributed by atoms with van der Waals surface area (Å²) in [5, 5.41) is 9.94. The van der Waals surface area contributed by atoms with Crippen LogP contribution in [0.5, 0.6) is 0 Å². The minimum atomic E-state index is -0.490. The lowest BCUT2D eigenvalue weighted by Gasteiger charge is -2.42.